The normalized spacial score (nSPS) is 16.8. The van der Waals surface area contributed by atoms with Gasteiger partial charge in [-0.25, -0.2) is 0 Å². The summed E-state index contributed by atoms with van der Waals surface area (Å²) in [5, 5.41) is 0.982. The lowest BCUT2D eigenvalue weighted by atomic mass is 10.1. The summed E-state index contributed by atoms with van der Waals surface area (Å²) in [7, 11) is 0. The van der Waals surface area contributed by atoms with Crippen LogP contribution in [0.5, 0.6) is 0 Å². The van der Waals surface area contributed by atoms with Gasteiger partial charge in [0.15, 0.2) is 0 Å². The molecule has 19 heavy (non-hydrogen) atoms. The lowest BCUT2D eigenvalue weighted by molar-refractivity contribution is -0.134. The van der Waals surface area contributed by atoms with Crippen LogP contribution < -0.4 is 0 Å². The molecule has 4 nitrogen and oxygen atoms in total. The van der Waals surface area contributed by atoms with Crippen LogP contribution >= 0.6 is 15.9 Å². The first kappa shape index (κ1) is 16.9. The fourth-order valence-corrected chi connectivity index (χ4v) is 2.62. The highest BCUT2D eigenvalue weighted by Gasteiger charge is 2.22. The average molecular weight is 336 g/mol. The van der Waals surface area contributed by atoms with Crippen molar-refractivity contribution in [2.24, 2.45) is 0 Å². The Hall–Kier alpha value is -0.130. The number of nitrogens with zero attached hydrogens (tertiary/aromatic N) is 1. The molecule has 1 aliphatic rings. The van der Waals surface area contributed by atoms with Gasteiger partial charge in [0.25, 0.3) is 0 Å². The van der Waals surface area contributed by atoms with E-state index in [0.717, 1.165) is 50.7 Å². The number of piperidine rings is 1. The minimum absolute atomic E-state index is 0.298. The fourth-order valence-electron chi connectivity index (χ4n) is 2.22. The molecule has 112 valence electrons. The first-order valence-electron chi connectivity index (χ1n) is 7.31. The molecule has 1 rings (SSSR count). The molecule has 0 atom stereocenters. The van der Waals surface area contributed by atoms with Gasteiger partial charge in [-0.2, -0.15) is 0 Å². The molecule has 0 bridgehead atoms. The monoisotopic (exact) mass is 335 g/mol. The molecule has 5 heteroatoms. The second-order valence-corrected chi connectivity index (χ2v) is 5.59. The van der Waals surface area contributed by atoms with Gasteiger partial charge in [0.2, 0.25) is 5.91 Å². The van der Waals surface area contributed by atoms with Crippen LogP contribution in [-0.2, 0) is 14.3 Å². The van der Waals surface area contributed by atoms with Gasteiger partial charge in [0, 0.05) is 31.4 Å². The van der Waals surface area contributed by atoms with E-state index >= 15 is 0 Å². The number of amides is 1. The maximum Gasteiger partial charge on any atom is 0.222 e. The molecule has 1 fully saturated rings. The minimum Gasteiger partial charge on any atom is -0.379 e. The molecular weight excluding hydrogens is 310 g/mol. The number of alkyl halides is 1. The van der Waals surface area contributed by atoms with Gasteiger partial charge in [0.05, 0.1) is 19.3 Å². The number of halogens is 1. The fraction of sp³-hybridized carbons (Fsp3) is 0.929. The van der Waals surface area contributed by atoms with E-state index < -0.39 is 0 Å². The van der Waals surface area contributed by atoms with Crippen molar-refractivity contribution in [3.8, 4) is 0 Å². The number of ether oxygens (including phenoxy) is 2. The Morgan fingerprint density at radius 3 is 2.63 bits per heavy atom. The predicted octanol–water partition coefficient (Wildman–Crippen LogP) is 2.60. The third kappa shape index (κ3) is 7.28. The van der Waals surface area contributed by atoms with Gasteiger partial charge in [0.1, 0.15) is 0 Å². The van der Waals surface area contributed by atoms with E-state index in [9.17, 15) is 4.79 Å². The Morgan fingerprint density at radius 1 is 1.26 bits per heavy atom. The van der Waals surface area contributed by atoms with Crippen molar-refractivity contribution in [1.82, 2.24) is 4.90 Å². The molecular formula is C14H26BrNO3. The first-order chi connectivity index (χ1) is 9.27. The van der Waals surface area contributed by atoms with Crippen LogP contribution in [0.3, 0.4) is 0 Å². The van der Waals surface area contributed by atoms with Gasteiger partial charge < -0.3 is 14.4 Å². The zero-order chi connectivity index (χ0) is 13.9. The number of hydrogen-bond donors (Lipinski definition) is 0. The van der Waals surface area contributed by atoms with Crippen LogP contribution in [0.1, 0.15) is 39.0 Å². The van der Waals surface area contributed by atoms with Gasteiger partial charge in [-0.3, -0.25) is 4.79 Å². The molecule has 0 N–H and O–H groups in total. The third-order valence-electron chi connectivity index (χ3n) is 3.35. The number of hydrogen-bond acceptors (Lipinski definition) is 3. The highest BCUT2D eigenvalue weighted by atomic mass is 79.9. The van der Waals surface area contributed by atoms with Gasteiger partial charge in [-0.05, 0) is 32.6 Å². The number of rotatable bonds is 9. The van der Waals surface area contributed by atoms with Crippen molar-refractivity contribution in [1.29, 1.82) is 0 Å². The van der Waals surface area contributed by atoms with E-state index in [0.29, 0.717) is 31.6 Å². The highest BCUT2D eigenvalue weighted by molar-refractivity contribution is 9.09. The molecule has 0 saturated carbocycles. The smallest absolute Gasteiger partial charge is 0.222 e. The second kappa shape index (κ2) is 10.6. The van der Waals surface area contributed by atoms with Crippen LogP contribution in [0.25, 0.3) is 0 Å². The van der Waals surface area contributed by atoms with Crippen molar-refractivity contribution >= 4 is 21.8 Å². The number of carbonyl (C=O) groups is 1. The lowest BCUT2D eigenvalue weighted by Crippen LogP contribution is -2.41. The van der Waals surface area contributed by atoms with Crippen molar-refractivity contribution < 1.29 is 14.3 Å². The topological polar surface area (TPSA) is 38.8 Å². The van der Waals surface area contributed by atoms with Crippen molar-refractivity contribution in [3.63, 3.8) is 0 Å². The minimum atomic E-state index is 0.298. The van der Waals surface area contributed by atoms with Crippen LogP contribution in [0.15, 0.2) is 0 Å². The second-order valence-electron chi connectivity index (χ2n) is 4.79. The molecule has 0 spiro atoms. The molecule has 1 heterocycles. The van der Waals surface area contributed by atoms with Crippen molar-refractivity contribution in [2.45, 2.75) is 45.1 Å². The first-order valence-corrected chi connectivity index (χ1v) is 8.43. The molecule has 0 aliphatic carbocycles. The van der Waals surface area contributed by atoms with E-state index in [4.69, 9.17) is 9.47 Å². The van der Waals surface area contributed by atoms with Gasteiger partial charge in [-0.15, -0.1) is 0 Å². The molecule has 0 aromatic rings. The van der Waals surface area contributed by atoms with Crippen molar-refractivity contribution in [2.75, 3.05) is 38.2 Å². The van der Waals surface area contributed by atoms with Crippen LogP contribution in [0.2, 0.25) is 0 Å². The van der Waals surface area contributed by atoms with Crippen LogP contribution in [0.4, 0.5) is 0 Å². The summed E-state index contributed by atoms with van der Waals surface area (Å²) in [6, 6.07) is 0. The third-order valence-corrected chi connectivity index (χ3v) is 3.92. The highest BCUT2D eigenvalue weighted by Crippen LogP contribution is 2.15. The summed E-state index contributed by atoms with van der Waals surface area (Å²) >= 11 is 3.39. The number of carbonyl (C=O) groups excluding carboxylic acids is 1. The maximum atomic E-state index is 11.9. The predicted molar refractivity (Wildman–Crippen MR) is 79.7 cm³/mol. The molecule has 0 aromatic heterocycles. The summed E-state index contributed by atoms with van der Waals surface area (Å²) in [5.74, 6) is 0.300. The summed E-state index contributed by atoms with van der Waals surface area (Å²) in [5.41, 5.74) is 0. The molecule has 0 radical (unpaired) electrons. The summed E-state index contributed by atoms with van der Waals surface area (Å²) in [6.45, 7) is 5.74. The summed E-state index contributed by atoms with van der Waals surface area (Å²) in [4.78, 5) is 13.9. The Bertz CT molecular complexity index is 243. The van der Waals surface area contributed by atoms with Gasteiger partial charge >= 0.3 is 0 Å². The van der Waals surface area contributed by atoms with E-state index in [1.54, 1.807) is 0 Å². The quantitative estimate of drug-likeness (QED) is 0.480. The Labute approximate surface area is 124 Å². The van der Waals surface area contributed by atoms with Crippen molar-refractivity contribution in [3.05, 3.63) is 0 Å². The molecule has 1 amide bonds. The molecule has 0 aromatic carbocycles. The zero-order valence-corrected chi connectivity index (χ0v) is 13.5. The lowest BCUT2D eigenvalue weighted by Gasteiger charge is -2.32. The SMILES string of the molecule is CCOCCOC1CCN(C(=O)CCCCBr)CC1. The Morgan fingerprint density at radius 2 is 2.00 bits per heavy atom. The average Bonchev–Trinajstić information content (AvgIpc) is 2.44. The Balaban J connectivity index is 2.09. The summed E-state index contributed by atoms with van der Waals surface area (Å²) < 4.78 is 11.0. The zero-order valence-electron chi connectivity index (χ0n) is 11.9. The summed E-state index contributed by atoms with van der Waals surface area (Å²) in [6.07, 6.45) is 4.94. The molecule has 1 saturated heterocycles. The maximum absolute atomic E-state index is 11.9. The largest absolute Gasteiger partial charge is 0.379 e. The number of likely N-dealkylation sites (tertiary alicyclic amines) is 1. The van der Waals surface area contributed by atoms with Crippen LogP contribution in [0, 0.1) is 0 Å². The van der Waals surface area contributed by atoms with E-state index in [1.807, 2.05) is 11.8 Å². The van der Waals surface area contributed by atoms with Gasteiger partial charge in [-0.1, -0.05) is 15.9 Å². The Kier molecular flexibility index (Phi) is 9.47. The molecule has 1 aliphatic heterocycles. The molecule has 0 unspecified atom stereocenters. The number of unbranched alkanes of at least 4 members (excludes halogenated alkanes) is 1. The standard InChI is InChI=1S/C14H26BrNO3/c1-2-18-11-12-19-13-6-9-16(10-7-13)14(17)5-3-4-8-15/h13H,2-12H2,1H3. The van der Waals surface area contributed by atoms with E-state index in [2.05, 4.69) is 15.9 Å². The van der Waals surface area contributed by atoms with Crippen LogP contribution in [-0.4, -0.2) is 55.2 Å². The van der Waals surface area contributed by atoms with E-state index in [1.165, 1.54) is 0 Å². The van der Waals surface area contributed by atoms with E-state index in [-0.39, 0.29) is 0 Å².